The highest BCUT2D eigenvalue weighted by molar-refractivity contribution is 7.13. The molecule has 0 aliphatic rings. The lowest BCUT2D eigenvalue weighted by Crippen LogP contribution is -2.34. The smallest absolute Gasteiger partial charge is 0.269 e. The number of nitrogens with zero attached hydrogens (tertiary/aromatic N) is 1. The van der Waals surface area contributed by atoms with Gasteiger partial charge >= 0.3 is 0 Å². The number of hydrogen-bond acceptors (Lipinski definition) is 4. The average molecular weight is 308 g/mol. The summed E-state index contributed by atoms with van der Waals surface area (Å²) >= 11 is 1.33. The molecule has 1 heterocycles. The maximum atomic E-state index is 12.3. The van der Waals surface area contributed by atoms with E-state index in [-0.39, 0.29) is 11.5 Å². The normalized spacial score (nSPS) is 12.5. The van der Waals surface area contributed by atoms with Crippen LogP contribution in [0.5, 0.6) is 0 Å². The van der Waals surface area contributed by atoms with Gasteiger partial charge < -0.3 is 10.1 Å². The Morgan fingerprint density at radius 1 is 1.43 bits per heavy atom. The van der Waals surface area contributed by atoms with Crippen molar-refractivity contribution in [1.29, 1.82) is 0 Å². The summed E-state index contributed by atoms with van der Waals surface area (Å²) in [6, 6.07) is 6.91. The highest BCUT2D eigenvalue weighted by atomic mass is 32.1. The quantitative estimate of drug-likeness (QED) is 0.797. The Morgan fingerprint density at radius 3 is 2.90 bits per heavy atom. The largest absolute Gasteiger partial charge is 0.382 e. The van der Waals surface area contributed by atoms with E-state index in [1.54, 1.807) is 13.0 Å². The van der Waals surface area contributed by atoms with Crippen LogP contribution in [0.1, 0.15) is 26.3 Å². The molecule has 0 radical (unpaired) electrons. The van der Waals surface area contributed by atoms with Crippen LogP contribution in [-0.2, 0) is 9.53 Å². The van der Waals surface area contributed by atoms with Crippen molar-refractivity contribution in [3.05, 3.63) is 34.6 Å². The number of carbonyl (C=O) groups is 1. The third-order valence-electron chi connectivity index (χ3n) is 3.21. The van der Waals surface area contributed by atoms with Crippen LogP contribution in [0.3, 0.4) is 0 Å². The van der Waals surface area contributed by atoms with E-state index in [2.05, 4.69) is 5.32 Å². The summed E-state index contributed by atoms with van der Waals surface area (Å²) in [7, 11) is 0. The van der Waals surface area contributed by atoms with Crippen molar-refractivity contribution in [1.82, 2.24) is 9.27 Å². The lowest BCUT2D eigenvalue weighted by molar-refractivity contribution is -0.123. The van der Waals surface area contributed by atoms with Crippen molar-refractivity contribution in [3.63, 3.8) is 0 Å². The molecular formula is C15H20N2O3S. The van der Waals surface area contributed by atoms with Crippen LogP contribution in [-0.4, -0.2) is 29.6 Å². The van der Waals surface area contributed by atoms with E-state index in [4.69, 9.17) is 4.74 Å². The number of ether oxygens (including phenoxy) is 1. The molecule has 0 aliphatic carbocycles. The molecule has 0 bridgehead atoms. The van der Waals surface area contributed by atoms with Crippen LogP contribution in [0.25, 0.3) is 10.1 Å². The Balaban J connectivity index is 2.01. The van der Waals surface area contributed by atoms with Crippen molar-refractivity contribution in [2.24, 2.45) is 0 Å². The van der Waals surface area contributed by atoms with Crippen molar-refractivity contribution in [3.8, 4) is 0 Å². The first-order valence-electron chi connectivity index (χ1n) is 7.11. The summed E-state index contributed by atoms with van der Waals surface area (Å²) in [5.41, 5.74) is -0.104. The van der Waals surface area contributed by atoms with Gasteiger partial charge in [0.2, 0.25) is 5.91 Å². The van der Waals surface area contributed by atoms with E-state index in [9.17, 15) is 9.59 Å². The van der Waals surface area contributed by atoms with E-state index < -0.39 is 6.04 Å². The van der Waals surface area contributed by atoms with Crippen molar-refractivity contribution < 1.29 is 9.53 Å². The van der Waals surface area contributed by atoms with Gasteiger partial charge in [-0.15, -0.1) is 0 Å². The number of amides is 1. The fourth-order valence-corrected chi connectivity index (χ4v) is 3.07. The number of carbonyl (C=O) groups excluding carboxylic acids is 1. The summed E-state index contributed by atoms with van der Waals surface area (Å²) in [6.45, 7) is 5.56. The molecule has 1 amide bonds. The van der Waals surface area contributed by atoms with Crippen LogP contribution >= 0.6 is 11.5 Å². The van der Waals surface area contributed by atoms with Gasteiger partial charge in [0, 0.05) is 19.8 Å². The van der Waals surface area contributed by atoms with Gasteiger partial charge in [0.15, 0.2) is 0 Å². The van der Waals surface area contributed by atoms with Gasteiger partial charge in [-0.3, -0.25) is 13.5 Å². The van der Waals surface area contributed by atoms with E-state index in [1.165, 1.54) is 15.5 Å². The summed E-state index contributed by atoms with van der Waals surface area (Å²) in [6.07, 6.45) is 0.771. The molecule has 5 nitrogen and oxygen atoms in total. The molecule has 1 N–H and O–H groups in total. The average Bonchev–Trinajstić information content (AvgIpc) is 2.83. The zero-order valence-corrected chi connectivity index (χ0v) is 13.1. The highest BCUT2D eigenvalue weighted by Gasteiger charge is 2.19. The summed E-state index contributed by atoms with van der Waals surface area (Å²) in [5.74, 6) is -0.139. The molecule has 0 fully saturated rings. The predicted octanol–water partition coefficient (Wildman–Crippen LogP) is 2.17. The summed E-state index contributed by atoms with van der Waals surface area (Å²) in [5, 5.41) is 3.50. The number of nitrogens with one attached hydrogen (secondary N) is 1. The number of rotatable bonds is 7. The lowest BCUT2D eigenvalue weighted by Gasteiger charge is -2.12. The minimum absolute atomic E-state index is 0.104. The third-order valence-corrected chi connectivity index (χ3v) is 4.45. The summed E-state index contributed by atoms with van der Waals surface area (Å²) in [4.78, 5) is 24.4. The Bertz CT molecular complexity index is 662. The molecule has 0 aliphatic heterocycles. The van der Waals surface area contributed by atoms with Crippen LogP contribution in [0.4, 0.5) is 0 Å². The first-order chi connectivity index (χ1) is 10.1. The Labute approximate surface area is 127 Å². The molecule has 2 aromatic rings. The van der Waals surface area contributed by atoms with E-state index in [0.717, 1.165) is 11.1 Å². The highest BCUT2D eigenvalue weighted by Crippen LogP contribution is 2.19. The van der Waals surface area contributed by atoms with Crippen molar-refractivity contribution in [2.45, 2.75) is 26.3 Å². The molecule has 0 saturated carbocycles. The van der Waals surface area contributed by atoms with E-state index in [0.29, 0.717) is 25.1 Å². The van der Waals surface area contributed by atoms with Gasteiger partial charge in [0.25, 0.3) is 5.56 Å². The lowest BCUT2D eigenvalue weighted by atomic mass is 10.2. The van der Waals surface area contributed by atoms with E-state index in [1.807, 2.05) is 25.1 Å². The van der Waals surface area contributed by atoms with Gasteiger partial charge in [0.05, 0.1) is 10.1 Å². The molecule has 2 rings (SSSR count). The zero-order chi connectivity index (χ0) is 15.2. The zero-order valence-electron chi connectivity index (χ0n) is 12.3. The molecule has 0 spiro atoms. The van der Waals surface area contributed by atoms with Crippen LogP contribution in [0, 0.1) is 0 Å². The van der Waals surface area contributed by atoms with Gasteiger partial charge in [-0.1, -0.05) is 23.7 Å². The van der Waals surface area contributed by atoms with Crippen molar-refractivity contribution in [2.75, 3.05) is 19.8 Å². The first-order valence-corrected chi connectivity index (χ1v) is 7.88. The topological polar surface area (TPSA) is 60.3 Å². The number of aromatic nitrogens is 1. The maximum Gasteiger partial charge on any atom is 0.269 e. The maximum absolute atomic E-state index is 12.3. The fourth-order valence-electron chi connectivity index (χ4n) is 2.03. The SMILES string of the molecule is CCOCCCNC(=O)C(C)n1sc2ccccc2c1=O. The fraction of sp³-hybridized carbons (Fsp3) is 0.467. The molecule has 1 aromatic heterocycles. The Morgan fingerprint density at radius 2 is 2.19 bits per heavy atom. The minimum atomic E-state index is -0.498. The van der Waals surface area contributed by atoms with Gasteiger partial charge in [-0.2, -0.15) is 0 Å². The van der Waals surface area contributed by atoms with Crippen LogP contribution in [0.15, 0.2) is 29.1 Å². The molecule has 1 unspecified atom stereocenters. The van der Waals surface area contributed by atoms with Crippen molar-refractivity contribution >= 4 is 27.5 Å². The molecule has 1 aromatic carbocycles. The summed E-state index contributed by atoms with van der Waals surface area (Å²) < 4.78 is 7.65. The second-order valence-electron chi connectivity index (χ2n) is 4.74. The predicted molar refractivity (Wildman–Crippen MR) is 84.9 cm³/mol. The van der Waals surface area contributed by atoms with Gasteiger partial charge in [0.1, 0.15) is 6.04 Å². The van der Waals surface area contributed by atoms with Crippen LogP contribution < -0.4 is 10.9 Å². The standard InChI is InChI=1S/C15H20N2O3S/c1-3-20-10-6-9-16-14(18)11(2)17-15(19)12-7-4-5-8-13(12)21-17/h4-5,7-8,11H,3,6,9-10H2,1-2H3,(H,16,18). The molecule has 6 heteroatoms. The minimum Gasteiger partial charge on any atom is -0.382 e. The van der Waals surface area contributed by atoms with E-state index >= 15 is 0 Å². The molecule has 21 heavy (non-hydrogen) atoms. The number of fused-ring (bicyclic) bond motifs is 1. The monoisotopic (exact) mass is 308 g/mol. The number of benzene rings is 1. The Kier molecular flexibility index (Phi) is 5.52. The van der Waals surface area contributed by atoms with Crippen LogP contribution in [0.2, 0.25) is 0 Å². The molecular weight excluding hydrogens is 288 g/mol. The molecule has 0 saturated heterocycles. The first kappa shape index (κ1) is 15.7. The molecule has 1 atom stereocenters. The third kappa shape index (κ3) is 3.71. The van der Waals surface area contributed by atoms with Gasteiger partial charge in [-0.25, -0.2) is 0 Å². The number of hydrogen-bond donors (Lipinski definition) is 1. The van der Waals surface area contributed by atoms with Gasteiger partial charge in [-0.05, 0) is 32.4 Å². The molecule has 114 valence electrons. The Hall–Kier alpha value is -1.66. The second-order valence-corrected chi connectivity index (χ2v) is 5.75. The second kappa shape index (κ2) is 7.38.